The van der Waals surface area contributed by atoms with E-state index in [1.54, 1.807) is 55.7 Å². The standard InChI is InChI=1S/C28H27F2N5O4S/c1-18(28(37,15-35-17-32-16-33-35)24-7-6-21(29)12-25(24)30)40-23-13-38-27(39-14-23)20-4-2-19(3-5-20)26(36)34-22-8-10-31-11-9-22/h2-12,16-18,23,27,37H,13-15H2,1H3,(H,31,34,36)/t18-,23-,27-,28-/m1/s1. The summed E-state index contributed by atoms with van der Waals surface area (Å²) in [4.78, 5) is 20.3. The maximum Gasteiger partial charge on any atom is 0.255 e. The van der Waals surface area contributed by atoms with Gasteiger partial charge in [-0.2, -0.15) is 5.10 Å². The Hall–Kier alpha value is -3.71. The minimum Gasteiger partial charge on any atom is -0.382 e. The summed E-state index contributed by atoms with van der Waals surface area (Å²) in [6, 6.07) is 13.5. The molecule has 1 aliphatic heterocycles. The number of amides is 1. The molecule has 0 bridgehead atoms. The molecular formula is C28H27F2N5O4S. The van der Waals surface area contributed by atoms with Crippen LogP contribution in [0, 0.1) is 11.6 Å². The molecule has 208 valence electrons. The van der Waals surface area contributed by atoms with Gasteiger partial charge in [0.1, 0.15) is 29.9 Å². The Bertz CT molecular complexity index is 1420. The first-order chi connectivity index (χ1) is 19.3. The molecule has 2 atom stereocenters. The lowest BCUT2D eigenvalue weighted by atomic mass is 9.90. The molecule has 40 heavy (non-hydrogen) atoms. The number of thioether (sulfide) groups is 1. The van der Waals surface area contributed by atoms with Crippen LogP contribution in [0.2, 0.25) is 0 Å². The van der Waals surface area contributed by atoms with Gasteiger partial charge >= 0.3 is 0 Å². The van der Waals surface area contributed by atoms with Gasteiger partial charge in [-0.3, -0.25) is 9.78 Å². The Morgan fingerprint density at radius 3 is 2.50 bits per heavy atom. The molecule has 0 radical (unpaired) electrons. The molecule has 1 saturated heterocycles. The van der Waals surface area contributed by atoms with E-state index in [1.807, 2.05) is 0 Å². The van der Waals surface area contributed by atoms with Gasteiger partial charge in [0, 0.05) is 46.1 Å². The summed E-state index contributed by atoms with van der Waals surface area (Å²) in [6.45, 7) is 2.32. The van der Waals surface area contributed by atoms with Crippen molar-refractivity contribution in [1.82, 2.24) is 19.7 Å². The number of hydrogen-bond donors (Lipinski definition) is 2. The lowest BCUT2D eigenvalue weighted by Gasteiger charge is -2.37. The van der Waals surface area contributed by atoms with Crippen LogP contribution in [0.25, 0.3) is 0 Å². The second-order valence-corrected chi connectivity index (χ2v) is 11.0. The largest absolute Gasteiger partial charge is 0.382 e. The summed E-state index contributed by atoms with van der Waals surface area (Å²) in [5.74, 6) is -1.82. The number of hydrogen-bond acceptors (Lipinski definition) is 8. The van der Waals surface area contributed by atoms with Gasteiger partial charge in [-0.15, -0.1) is 11.8 Å². The molecule has 1 amide bonds. The number of benzene rings is 2. The van der Waals surface area contributed by atoms with Crippen LogP contribution < -0.4 is 5.32 Å². The molecule has 0 unspecified atom stereocenters. The summed E-state index contributed by atoms with van der Waals surface area (Å²) in [7, 11) is 0. The van der Waals surface area contributed by atoms with Crippen molar-refractivity contribution in [1.29, 1.82) is 0 Å². The van der Waals surface area contributed by atoms with E-state index in [1.165, 1.54) is 35.2 Å². The van der Waals surface area contributed by atoms with Crippen LogP contribution in [-0.4, -0.2) is 54.5 Å². The molecule has 0 spiro atoms. The molecule has 0 saturated carbocycles. The Morgan fingerprint density at radius 1 is 1.12 bits per heavy atom. The number of anilines is 1. The summed E-state index contributed by atoms with van der Waals surface area (Å²) < 4.78 is 41.7. The van der Waals surface area contributed by atoms with Gasteiger partial charge in [-0.1, -0.05) is 25.1 Å². The van der Waals surface area contributed by atoms with Gasteiger partial charge in [-0.25, -0.2) is 18.4 Å². The maximum atomic E-state index is 14.8. The molecule has 0 aliphatic carbocycles. The third-order valence-electron chi connectivity index (χ3n) is 6.59. The average molecular weight is 568 g/mol. The van der Waals surface area contributed by atoms with E-state index in [-0.39, 0.29) is 23.3 Å². The van der Waals surface area contributed by atoms with Crippen LogP contribution in [0.4, 0.5) is 14.5 Å². The number of carbonyl (C=O) groups excluding carboxylic acids is 1. The van der Waals surface area contributed by atoms with Gasteiger partial charge in [0.25, 0.3) is 5.91 Å². The average Bonchev–Trinajstić information content (AvgIpc) is 3.47. The Labute approximate surface area is 233 Å². The molecule has 2 N–H and O–H groups in total. The second-order valence-electron chi connectivity index (χ2n) is 9.35. The zero-order chi connectivity index (χ0) is 28.1. The zero-order valence-electron chi connectivity index (χ0n) is 21.5. The third-order valence-corrected chi connectivity index (χ3v) is 8.04. The van der Waals surface area contributed by atoms with Crippen molar-refractivity contribution < 1.29 is 28.2 Å². The van der Waals surface area contributed by atoms with Gasteiger partial charge < -0.3 is 19.9 Å². The van der Waals surface area contributed by atoms with Crippen molar-refractivity contribution >= 4 is 23.4 Å². The van der Waals surface area contributed by atoms with Crippen molar-refractivity contribution in [2.24, 2.45) is 0 Å². The van der Waals surface area contributed by atoms with Crippen LogP contribution in [0.15, 0.2) is 79.6 Å². The predicted molar refractivity (Wildman–Crippen MR) is 144 cm³/mol. The Morgan fingerprint density at radius 2 is 1.85 bits per heavy atom. The van der Waals surface area contributed by atoms with Crippen LogP contribution in [0.5, 0.6) is 0 Å². The molecule has 1 fully saturated rings. The van der Waals surface area contributed by atoms with Crippen molar-refractivity contribution in [3.63, 3.8) is 0 Å². The van der Waals surface area contributed by atoms with Crippen molar-refractivity contribution in [2.45, 2.75) is 35.9 Å². The molecule has 12 heteroatoms. The summed E-state index contributed by atoms with van der Waals surface area (Å²) in [5, 5.41) is 17.9. The summed E-state index contributed by atoms with van der Waals surface area (Å²) >= 11 is 1.38. The van der Waals surface area contributed by atoms with E-state index < -0.39 is 28.8 Å². The molecule has 9 nitrogen and oxygen atoms in total. The number of aliphatic hydroxyl groups is 1. The molecular weight excluding hydrogens is 540 g/mol. The van der Waals surface area contributed by atoms with E-state index in [9.17, 15) is 18.7 Å². The first-order valence-electron chi connectivity index (χ1n) is 12.5. The number of halogens is 2. The van der Waals surface area contributed by atoms with Crippen LogP contribution in [-0.2, 0) is 21.6 Å². The first kappa shape index (κ1) is 27.8. The number of rotatable bonds is 9. The van der Waals surface area contributed by atoms with E-state index in [0.29, 0.717) is 24.5 Å². The molecule has 5 rings (SSSR count). The van der Waals surface area contributed by atoms with Crippen LogP contribution >= 0.6 is 11.8 Å². The van der Waals surface area contributed by atoms with Gasteiger partial charge in [0.15, 0.2) is 6.29 Å². The number of nitrogens with zero attached hydrogens (tertiary/aromatic N) is 4. The monoisotopic (exact) mass is 567 g/mol. The lowest BCUT2D eigenvalue weighted by Crippen LogP contribution is -2.43. The summed E-state index contributed by atoms with van der Waals surface area (Å²) in [6.07, 6.45) is 5.33. The van der Waals surface area contributed by atoms with Gasteiger partial charge in [0.05, 0.1) is 25.0 Å². The van der Waals surface area contributed by atoms with E-state index in [4.69, 9.17) is 9.47 Å². The fourth-order valence-corrected chi connectivity index (χ4v) is 5.74. The molecule has 1 aliphatic rings. The number of carbonyl (C=O) groups is 1. The number of pyridine rings is 1. The highest BCUT2D eigenvalue weighted by Gasteiger charge is 2.41. The fourth-order valence-electron chi connectivity index (χ4n) is 4.42. The minimum atomic E-state index is -1.72. The topological polar surface area (TPSA) is 111 Å². The first-order valence-corrected chi connectivity index (χ1v) is 13.5. The van der Waals surface area contributed by atoms with Gasteiger partial charge in [-0.05, 0) is 30.3 Å². The number of aromatic nitrogens is 4. The Kier molecular flexibility index (Phi) is 8.50. The maximum absolute atomic E-state index is 14.8. The van der Waals surface area contributed by atoms with E-state index in [2.05, 4.69) is 20.4 Å². The second kappa shape index (κ2) is 12.2. The van der Waals surface area contributed by atoms with Crippen LogP contribution in [0.1, 0.15) is 34.7 Å². The lowest BCUT2D eigenvalue weighted by molar-refractivity contribution is -0.180. The molecule has 3 heterocycles. The SMILES string of the molecule is C[C@@H](S[C@H]1CO[C@H](c2ccc(C(=O)Nc3ccncc3)cc2)OC1)[C@](O)(Cn1cncn1)c1ccc(F)cc1F. The highest BCUT2D eigenvalue weighted by atomic mass is 32.2. The number of ether oxygens (including phenoxy) is 2. The van der Waals surface area contributed by atoms with E-state index >= 15 is 0 Å². The smallest absolute Gasteiger partial charge is 0.255 e. The third kappa shape index (κ3) is 6.36. The fraction of sp³-hybridized carbons (Fsp3) is 0.286. The molecule has 2 aromatic carbocycles. The molecule has 4 aromatic rings. The molecule has 2 aromatic heterocycles. The van der Waals surface area contributed by atoms with Crippen molar-refractivity contribution in [2.75, 3.05) is 18.5 Å². The van der Waals surface area contributed by atoms with Crippen molar-refractivity contribution in [3.8, 4) is 0 Å². The highest BCUT2D eigenvalue weighted by Crippen LogP contribution is 2.39. The predicted octanol–water partition coefficient (Wildman–Crippen LogP) is 4.33. The quantitative estimate of drug-likeness (QED) is 0.308. The minimum absolute atomic E-state index is 0.0343. The van der Waals surface area contributed by atoms with Crippen molar-refractivity contribution in [3.05, 3.63) is 108 Å². The Balaban J connectivity index is 1.21. The summed E-state index contributed by atoms with van der Waals surface area (Å²) in [5.41, 5.74) is 0.134. The normalized spacial score (nSPS) is 19.5. The highest BCUT2D eigenvalue weighted by molar-refractivity contribution is 8.00. The van der Waals surface area contributed by atoms with Crippen LogP contribution in [0.3, 0.4) is 0 Å². The van der Waals surface area contributed by atoms with E-state index in [0.717, 1.165) is 17.7 Å². The zero-order valence-corrected chi connectivity index (χ0v) is 22.3. The number of nitrogens with one attached hydrogen (secondary N) is 1. The van der Waals surface area contributed by atoms with Gasteiger partial charge in [0.2, 0.25) is 0 Å².